The first-order valence-corrected chi connectivity index (χ1v) is 8.52. The van der Waals surface area contributed by atoms with Crippen LogP contribution in [0.3, 0.4) is 0 Å². The fourth-order valence-electron chi connectivity index (χ4n) is 3.47. The third-order valence-electron chi connectivity index (χ3n) is 5.14. The van der Waals surface area contributed by atoms with Crippen LogP contribution in [-0.4, -0.2) is 40.5 Å². The molecule has 1 aromatic heterocycles. The fourth-order valence-corrected chi connectivity index (χ4v) is 3.47. The maximum Gasteiger partial charge on any atom is 0.268 e. The summed E-state index contributed by atoms with van der Waals surface area (Å²) in [5.74, 6) is -0.581. The standard InChI is InChI=1S/C19H20FN3O2/c1-13-6-10-23(15-4-2-14(20)3-5-15)18(25)16(13)17(24)22-11-9-21-19(12-22)7-8-19/h2-6,10,21H,7-9,11-12H2,1H3. The van der Waals surface area contributed by atoms with Crippen LogP contribution in [0.4, 0.5) is 4.39 Å². The number of halogens is 1. The van der Waals surface area contributed by atoms with Gasteiger partial charge >= 0.3 is 0 Å². The van der Waals surface area contributed by atoms with Gasteiger partial charge in [-0.15, -0.1) is 0 Å². The van der Waals surface area contributed by atoms with Crippen molar-refractivity contribution in [2.45, 2.75) is 25.3 Å². The first-order chi connectivity index (χ1) is 12.0. The van der Waals surface area contributed by atoms with Crippen LogP contribution < -0.4 is 10.9 Å². The van der Waals surface area contributed by atoms with Gasteiger partial charge in [0.2, 0.25) is 0 Å². The van der Waals surface area contributed by atoms with E-state index in [-0.39, 0.29) is 28.4 Å². The molecule has 2 aromatic rings. The van der Waals surface area contributed by atoms with Crippen LogP contribution in [0.2, 0.25) is 0 Å². The second-order valence-corrected chi connectivity index (χ2v) is 6.96. The average Bonchev–Trinajstić information content (AvgIpc) is 3.34. The van der Waals surface area contributed by atoms with E-state index in [1.54, 1.807) is 24.1 Å². The predicted octanol–water partition coefficient (Wildman–Crippen LogP) is 1.86. The summed E-state index contributed by atoms with van der Waals surface area (Å²) >= 11 is 0. The number of nitrogens with one attached hydrogen (secondary N) is 1. The van der Waals surface area contributed by atoms with Gasteiger partial charge in [0.15, 0.2) is 0 Å². The molecule has 1 amide bonds. The number of pyridine rings is 1. The average molecular weight is 341 g/mol. The molecule has 0 atom stereocenters. The molecule has 1 spiro atoms. The molecule has 6 heteroatoms. The molecule has 4 rings (SSSR count). The number of carbonyl (C=O) groups is 1. The van der Waals surface area contributed by atoms with Crippen LogP contribution in [0.25, 0.3) is 5.69 Å². The molecule has 1 aromatic carbocycles. The van der Waals surface area contributed by atoms with Gasteiger partial charge in [-0.2, -0.15) is 0 Å². The molecule has 2 fully saturated rings. The fraction of sp³-hybridized carbons (Fsp3) is 0.368. The van der Waals surface area contributed by atoms with Crippen molar-refractivity contribution in [1.29, 1.82) is 0 Å². The number of carbonyl (C=O) groups excluding carboxylic acids is 1. The van der Waals surface area contributed by atoms with Gasteiger partial charge < -0.3 is 10.2 Å². The number of hydrogen-bond acceptors (Lipinski definition) is 3. The maximum atomic E-state index is 13.1. The number of piperazine rings is 1. The molecule has 5 nitrogen and oxygen atoms in total. The zero-order valence-electron chi connectivity index (χ0n) is 14.1. The Labute approximate surface area is 145 Å². The van der Waals surface area contributed by atoms with Gasteiger partial charge in [-0.25, -0.2) is 4.39 Å². The maximum absolute atomic E-state index is 13.1. The molecule has 2 heterocycles. The molecule has 1 aliphatic carbocycles. The molecule has 0 bridgehead atoms. The number of amides is 1. The van der Waals surface area contributed by atoms with Crippen molar-refractivity contribution in [3.05, 3.63) is 63.8 Å². The zero-order valence-corrected chi connectivity index (χ0v) is 14.1. The summed E-state index contributed by atoms with van der Waals surface area (Å²) in [6.07, 6.45) is 3.77. The van der Waals surface area contributed by atoms with Crippen molar-refractivity contribution in [1.82, 2.24) is 14.8 Å². The molecule has 2 aliphatic rings. The summed E-state index contributed by atoms with van der Waals surface area (Å²) in [6, 6.07) is 7.42. The summed E-state index contributed by atoms with van der Waals surface area (Å²) < 4.78 is 14.5. The number of nitrogens with zero attached hydrogens (tertiary/aromatic N) is 2. The van der Waals surface area contributed by atoms with E-state index in [2.05, 4.69) is 5.32 Å². The van der Waals surface area contributed by atoms with Crippen molar-refractivity contribution in [3.8, 4) is 5.69 Å². The SMILES string of the molecule is Cc1ccn(-c2ccc(F)cc2)c(=O)c1C(=O)N1CCNC2(CC2)C1. The summed E-state index contributed by atoms with van der Waals surface area (Å²) in [5, 5.41) is 3.46. The van der Waals surface area contributed by atoms with E-state index >= 15 is 0 Å². The third-order valence-corrected chi connectivity index (χ3v) is 5.14. The highest BCUT2D eigenvalue weighted by atomic mass is 19.1. The quantitative estimate of drug-likeness (QED) is 0.907. The lowest BCUT2D eigenvalue weighted by Crippen LogP contribution is -2.55. The van der Waals surface area contributed by atoms with Gasteiger partial charge in [0, 0.05) is 37.1 Å². The molecule has 25 heavy (non-hydrogen) atoms. The second-order valence-electron chi connectivity index (χ2n) is 6.96. The van der Waals surface area contributed by atoms with E-state index < -0.39 is 0 Å². The predicted molar refractivity (Wildman–Crippen MR) is 92.6 cm³/mol. The molecular weight excluding hydrogens is 321 g/mol. The van der Waals surface area contributed by atoms with Crippen LogP contribution in [-0.2, 0) is 0 Å². The topological polar surface area (TPSA) is 54.3 Å². The lowest BCUT2D eigenvalue weighted by Gasteiger charge is -2.34. The van der Waals surface area contributed by atoms with Gasteiger partial charge in [-0.1, -0.05) is 0 Å². The highest BCUT2D eigenvalue weighted by molar-refractivity contribution is 5.95. The highest BCUT2D eigenvalue weighted by Gasteiger charge is 2.46. The van der Waals surface area contributed by atoms with Crippen LogP contribution in [0.1, 0.15) is 28.8 Å². The Bertz CT molecular complexity index is 885. The molecule has 0 radical (unpaired) electrons. The van der Waals surface area contributed by atoms with Crippen molar-refractivity contribution >= 4 is 5.91 Å². The number of rotatable bonds is 2. The minimum absolute atomic E-state index is 0.0621. The van der Waals surface area contributed by atoms with Gasteiger partial charge in [0.1, 0.15) is 11.4 Å². The lowest BCUT2D eigenvalue weighted by molar-refractivity contribution is 0.0688. The molecule has 0 unspecified atom stereocenters. The van der Waals surface area contributed by atoms with Crippen molar-refractivity contribution in [2.75, 3.05) is 19.6 Å². The van der Waals surface area contributed by atoms with Crippen LogP contribution in [0.5, 0.6) is 0 Å². The van der Waals surface area contributed by atoms with E-state index in [0.29, 0.717) is 24.3 Å². The number of aryl methyl sites for hydroxylation is 1. The van der Waals surface area contributed by atoms with Crippen molar-refractivity contribution in [3.63, 3.8) is 0 Å². The number of benzene rings is 1. The summed E-state index contributed by atoms with van der Waals surface area (Å²) in [6.45, 7) is 3.78. The van der Waals surface area contributed by atoms with Gasteiger partial charge in [0.25, 0.3) is 11.5 Å². The highest BCUT2D eigenvalue weighted by Crippen LogP contribution is 2.37. The Balaban J connectivity index is 1.71. The van der Waals surface area contributed by atoms with Gasteiger partial charge in [-0.05, 0) is 55.7 Å². The summed E-state index contributed by atoms with van der Waals surface area (Å²) in [7, 11) is 0. The Morgan fingerprint density at radius 2 is 1.92 bits per heavy atom. The van der Waals surface area contributed by atoms with E-state index in [9.17, 15) is 14.0 Å². The van der Waals surface area contributed by atoms with Gasteiger partial charge in [-0.3, -0.25) is 14.2 Å². The molecule has 1 aliphatic heterocycles. The summed E-state index contributed by atoms with van der Waals surface area (Å²) in [4.78, 5) is 27.7. The molecule has 1 N–H and O–H groups in total. The van der Waals surface area contributed by atoms with Crippen LogP contribution in [0.15, 0.2) is 41.3 Å². The third kappa shape index (κ3) is 2.87. The molecule has 1 saturated heterocycles. The smallest absolute Gasteiger partial charge is 0.268 e. The molecular formula is C19H20FN3O2. The Hall–Kier alpha value is -2.47. The molecule has 1 saturated carbocycles. The Kier molecular flexibility index (Phi) is 3.72. The monoisotopic (exact) mass is 341 g/mol. The van der Waals surface area contributed by atoms with E-state index in [4.69, 9.17) is 0 Å². The van der Waals surface area contributed by atoms with E-state index in [1.807, 2.05) is 0 Å². The summed E-state index contributed by atoms with van der Waals surface area (Å²) in [5.41, 5.74) is 1.10. The van der Waals surface area contributed by atoms with E-state index in [0.717, 1.165) is 19.4 Å². The second kappa shape index (κ2) is 5.81. The minimum atomic E-state index is -0.365. The first kappa shape index (κ1) is 16.0. The van der Waals surface area contributed by atoms with Gasteiger partial charge in [0.05, 0.1) is 0 Å². The number of hydrogen-bond donors (Lipinski definition) is 1. The Morgan fingerprint density at radius 3 is 2.60 bits per heavy atom. The van der Waals surface area contributed by atoms with E-state index in [1.165, 1.54) is 28.8 Å². The lowest BCUT2D eigenvalue weighted by atomic mass is 10.1. The zero-order chi connectivity index (χ0) is 17.6. The Morgan fingerprint density at radius 1 is 1.20 bits per heavy atom. The molecule has 130 valence electrons. The van der Waals surface area contributed by atoms with Crippen LogP contribution in [0, 0.1) is 12.7 Å². The first-order valence-electron chi connectivity index (χ1n) is 8.52. The minimum Gasteiger partial charge on any atom is -0.335 e. The number of aromatic nitrogens is 1. The van der Waals surface area contributed by atoms with Crippen molar-refractivity contribution in [2.24, 2.45) is 0 Å². The van der Waals surface area contributed by atoms with Crippen molar-refractivity contribution < 1.29 is 9.18 Å². The largest absolute Gasteiger partial charge is 0.335 e. The normalized spacial score (nSPS) is 18.4. The van der Waals surface area contributed by atoms with Crippen LogP contribution >= 0.6 is 0 Å².